The van der Waals surface area contributed by atoms with Crippen LogP contribution in [-0.4, -0.2) is 41.9 Å². The van der Waals surface area contributed by atoms with Crippen LogP contribution in [0.3, 0.4) is 0 Å². The Labute approximate surface area is 104 Å². The van der Waals surface area contributed by atoms with E-state index in [1.165, 1.54) is 30.5 Å². The van der Waals surface area contributed by atoms with Gasteiger partial charge < -0.3 is 10.2 Å². The number of likely N-dealkylation sites (N-methyl/N-ethyl adjacent to an activating group) is 1. The average Bonchev–Trinajstić information content (AvgIpc) is 2.71. The Bertz CT molecular complexity index is 356. The SMILES string of the molecule is CCNC1CCCc2c1cnn2CCN(C)C. The first-order chi connectivity index (χ1) is 8.22. The zero-order valence-electron chi connectivity index (χ0n) is 11.2. The van der Waals surface area contributed by atoms with Gasteiger partial charge >= 0.3 is 0 Å². The van der Waals surface area contributed by atoms with Crippen LogP contribution in [0.2, 0.25) is 0 Å². The summed E-state index contributed by atoms with van der Waals surface area (Å²) in [5.41, 5.74) is 2.88. The van der Waals surface area contributed by atoms with Crippen LogP contribution in [0.4, 0.5) is 0 Å². The molecule has 0 amide bonds. The minimum absolute atomic E-state index is 0.525. The fourth-order valence-electron chi connectivity index (χ4n) is 2.56. The number of hydrogen-bond donors (Lipinski definition) is 1. The summed E-state index contributed by atoms with van der Waals surface area (Å²) in [5.74, 6) is 0. The van der Waals surface area contributed by atoms with Crippen molar-refractivity contribution in [3.63, 3.8) is 0 Å². The van der Waals surface area contributed by atoms with Crippen LogP contribution in [-0.2, 0) is 13.0 Å². The van der Waals surface area contributed by atoms with Crippen molar-refractivity contribution in [3.8, 4) is 0 Å². The smallest absolute Gasteiger partial charge is 0.0540 e. The fourth-order valence-corrected chi connectivity index (χ4v) is 2.56. The topological polar surface area (TPSA) is 33.1 Å². The summed E-state index contributed by atoms with van der Waals surface area (Å²) in [5, 5.41) is 8.11. The molecule has 1 aromatic rings. The number of nitrogens with zero attached hydrogens (tertiary/aromatic N) is 3. The van der Waals surface area contributed by atoms with E-state index < -0.39 is 0 Å². The Morgan fingerprint density at radius 1 is 1.53 bits per heavy atom. The summed E-state index contributed by atoms with van der Waals surface area (Å²) in [6, 6.07) is 0.525. The van der Waals surface area contributed by atoms with Crippen molar-refractivity contribution in [2.75, 3.05) is 27.2 Å². The second-order valence-electron chi connectivity index (χ2n) is 5.08. The third-order valence-electron chi connectivity index (χ3n) is 3.47. The molecule has 1 aliphatic carbocycles. The standard InChI is InChI=1S/C13H24N4/c1-4-14-12-6-5-7-13-11(12)10-15-17(13)9-8-16(2)3/h10,12,14H,4-9H2,1-3H3. The molecule has 1 N–H and O–H groups in total. The molecule has 1 unspecified atom stereocenters. The van der Waals surface area contributed by atoms with Crippen molar-refractivity contribution in [1.82, 2.24) is 20.0 Å². The summed E-state index contributed by atoms with van der Waals surface area (Å²) in [7, 11) is 4.22. The van der Waals surface area contributed by atoms with Gasteiger partial charge in [-0.05, 0) is 39.9 Å². The van der Waals surface area contributed by atoms with Gasteiger partial charge in [-0.1, -0.05) is 6.92 Å². The molecule has 17 heavy (non-hydrogen) atoms. The van der Waals surface area contributed by atoms with Crippen molar-refractivity contribution in [3.05, 3.63) is 17.5 Å². The summed E-state index contributed by atoms with van der Waals surface area (Å²) in [6.45, 7) is 5.26. The van der Waals surface area contributed by atoms with Gasteiger partial charge in [0.05, 0.1) is 12.7 Å². The van der Waals surface area contributed by atoms with Crippen LogP contribution in [0.15, 0.2) is 6.20 Å². The predicted molar refractivity (Wildman–Crippen MR) is 70.1 cm³/mol. The average molecular weight is 236 g/mol. The Hall–Kier alpha value is -0.870. The van der Waals surface area contributed by atoms with Crippen molar-refractivity contribution in [2.24, 2.45) is 0 Å². The monoisotopic (exact) mass is 236 g/mol. The lowest BCUT2D eigenvalue weighted by Gasteiger charge is -2.24. The quantitative estimate of drug-likeness (QED) is 0.839. The highest BCUT2D eigenvalue weighted by molar-refractivity contribution is 5.24. The van der Waals surface area contributed by atoms with Crippen LogP contribution < -0.4 is 5.32 Å². The zero-order chi connectivity index (χ0) is 12.3. The van der Waals surface area contributed by atoms with E-state index >= 15 is 0 Å². The molecule has 0 saturated carbocycles. The highest BCUT2D eigenvalue weighted by Crippen LogP contribution is 2.29. The second-order valence-corrected chi connectivity index (χ2v) is 5.08. The molecule has 0 bridgehead atoms. The van der Waals surface area contributed by atoms with Crippen LogP contribution >= 0.6 is 0 Å². The number of nitrogens with one attached hydrogen (secondary N) is 1. The maximum Gasteiger partial charge on any atom is 0.0540 e. The molecule has 1 aliphatic rings. The summed E-state index contributed by atoms with van der Waals surface area (Å²) >= 11 is 0. The van der Waals surface area contributed by atoms with E-state index in [1.807, 2.05) is 0 Å². The molecule has 0 aromatic carbocycles. The maximum absolute atomic E-state index is 4.55. The molecule has 0 spiro atoms. The molecule has 4 heteroatoms. The molecule has 1 aromatic heterocycles. The molecule has 1 atom stereocenters. The first-order valence-electron chi connectivity index (χ1n) is 6.65. The van der Waals surface area contributed by atoms with E-state index in [1.54, 1.807) is 0 Å². The number of hydrogen-bond acceptors (Lipinski definition) is 3. The first-order valence-corrected chi connectivity index (χ1v) is 6.65. The van der Waals surface area contributed by atoms with Gasteiger partial charge in [-0.3, -0.25) is 4.68 Å². The molecule has 0 radical (unpaired) electrons. The van der Waals surface area contributed by atoms with E-state index in [-0.39, 0.29) is 0 Å². The maximum atomic E-state index is 4.55. The Kier molecular flexibility index (Phi) is 4.18. The number of fused-ring (bicyclic) bond motifs is 1. The van der Waals surface area contributed by atoms with E-state index in [0.29, 0.717) is 6.04 Å². The third-order valence-corrected chi connectivity index (χ3v) is 3.47. The summed E-state index contributed by atoms with van der Waals surface area (Å²) in [6.07, 6.45) is 5.78. The molecule has 4 nitrogen and oxygen atoms in total. The van der Waals surface area contributed by atoms with Crippen LogP contribution in [0.1, 0.15) is 37.1 Å². The van der Waals surface area contributed by atoms with Crippen LogP contribution in [0.25, 0.3) is 0 Å². The molecule has 0 aliphatic heterocycles. The zero-order valence-corrected chi connectivity index (χ0v) is 11.2. The second kappa shape index (κ2) is 5.65. The molecule has 0 saturated heterocycles. The van der Waals surface area contributed by atoms with Crippen molar-refractivity contribution >= 4 is 0 Å². The number of rotatable bonds is 5. The largest absolute Gasteiger partial charge is 0.310 e. The van der Waals surface area contributed by atoms with E-state index in [9.17, 15) is 0 Å². The predicted octanol–water partition coefficient (Wildman–Crippen LogP) is 1.43. The van der Waals surface area contributed by atoms with Crippen LogP contribution in [0, 0.1) is 0 Å². The summed E-state index contributed by atoms with van der Waals surface area (Å²) in [4.78, 5) is 2.21. The van der Waals surface area contributed by atoms with Crippen molar-refractivity contribution in [2.45, 2.75) is 38.8 Å². The van der Waals surface area contributed by atoms with Gasteiger partial charge in [0.15, 0.2) is 0 Å². The molecule has 1 heterocycles. The lowest BCUT2D eigenvalue weighted by Crippen LogP contribution is -2.26. The Balaban J connectivity index is 2.10. The minimum Gasteiger partial charge on any atom is -0.310 e. The van der Waals surface area contributed by atoms with E-state index in [2.05, 4.69) is 47.2 Å². The lowest BCUT2D eigenvalue weighted by atomic mass is 9.93. The number of aromatic nitrogens is 2. The van der Waals surface area contributed by atoms with Crippen LogP contribution in [0.5, 0.6) is 0 Å². The van der Waals surface area contributed by atoms with Gasteiger partial charge in [-0.15, -0.1) is 0 Å². The molecule has 96 valence electrons. The minimum atomic E-state index is 0.525. The first kappa shape index (κ1) is 12.6. The molecule has 2 rings (SSSR count). The fraction of sp³-hybridized carbons (Fsp3) is 0.769. The van der Waals surface area contributed by atoms with E-state index in [4.69, 9.17) is 0 Å². The van der Waals surface area contributed by atoms with E-state index in [0.717, 1.165) is 19.6 Å². The highest BCUT2D eigenvalue weighted by atomic mass is 15.3. The van der Waals surface area contributed by atoms with Crippen molar-refractivity contribution < 1.29 is 0 Å². The van der Waals surface area contributed by atoms with Gasteiger partial charge in [-0.2, -0.15) is 5.10 Å². The third kappa shape index (κ3) is 2.87. The van der Waals surface area contributed by atoms with Gasteiger partial charge in [0.1, 0.15) is 0 Å². The van der Waals surface area contributed by atoms with Crippen molar-refractivity contribution in [1.29, 1.82) is 0 Å². The molecular formula is C13H24N4. The van der Waals surface area contributed by atoms with Gasteiger partial charge in [-0.25, -0.2) is 0 Å². The normalized spacial score (nSPS) is 19.6. The summed E-state index contributed by atoms with van der Waals surface area (Å²) < 4.78 is 2.19. The van der Waals surface area contributed by atoms with Gasteiger partial charge in [0.25, 0.3) is 0 Å². The molecular weight excluding hydrogens is 212 g/mol. The highest BCUT2D eigenvalue weighted by Gasteiger charge is 2.23. The lowest BCUT2D eigenvalue weighted by molar-refractivity contribution is 0.365. The van der Waals surface area contributed by atoms with Gasteiger partial charge in [0, 0.05) is 23.8 Å². The Morgan fingerprint density at radius 3 is 3.06 bits per heavy atom. The Morgan fingerprint density at radius 2 is 2.35 bits per heavy atom. The van der Waals surface area contributed by atoms with Gasteiger partial charge in [0.2, 0.25) is 0 Å². The molecule has 0 fully saturated rings.